The number of nitrogens with zero attached hydrogens (tertiary/aromatic N) is 1. The van der Waals surface area contributed by atoms with Gasteiger partial charge in [-0.2, -0.15) is 0 Å². The van der Waals surface area contributed by atoms with E-state index in [4.69, 9.17) is 23.7 Å². The molecule has 0 aliphatic carbocycles. The molecule has 6 heteroatoms. The molecule has 0 saturated carbocycles. The quantitative estimate of drug-likeness (QED) is 0.807. The van der Waals surface area contributed by atoms with Crippen molar-refractivity contribution in [3.8, 4) is 23.0 Å². The Bertz CT molecular complexity index is 897. The first-order valence-corrected chi connectivity index (χ1v) is 9.24. The Balaban J connectivity index is 1.56. The molecule has 5 rings (SSSR count). The van der Waals surface area contributed by atoms with Crippen molar-refractivity contribution in [2.45, 2.75) is 32.2 Å². The highest BCUT2D eigenvalue weighted by atomic mass is 16.7. The van der Waals surface area contributed by atoms with Crippen LogP contribution in [-0.4, -0.2) is 32.5 Å². The van der Waals surface area contributed by atoms with E-state index in [-0.39, 0.29) is 19.1 Å². The summed E-state index contributed by atoms with van der Waals surface area (Å²) in [6.07, 6.45) is 0.778. The van der Waals surface area contributed by atoms with Crippen molar-refractivity contribution in [2.24, 2.45) is 0 Å². The van der Waals surface area contributed by atoms with Gasteiger partial charge in [-0.05, 0) is 54.3 Å². The van der Waals surface area contributed by atoms with E-state index in [1.54, 1.807) is 14.2 Å². The van der Waals surface area contributed by atoms with Crippen LogP contribution in [-0.2, 0) is 17.7 Å². The zero-order chi connectivity index (χ0) is 18.5. The van der Waals surface area contributed by atoms with Crippen molar-refractivity contribution >= 4 is 0 Å². The fourth-order valence-electron chi connectivity index (χ4n) is 4.28. The summed E-state index contributed by atoms with van der Waals surface area (Å²) >= 11 is 0. The molecule has 3 aliphatic heterocycles. The molecule has 0 radical (unpaired) electrons. The lowest BCUT2D eigenvalue weighted by Crippen LogP contribution is -2.35. The van der Waals surface area contributed by atoms with Gasteiger partial charge in [-0.25, -0.2) is 0 Å². The number of benzene rings is 2. The summed E-state index contributed by atoms with van der Waals surface area (Å²) < 4.78 is 28.7. The van der Waals surface area contributed by atoms with Gasteiger partial charge in [0.1, 0.15) is 6.23 Å². The monoisotopic (exact) mass is 369 g/mol. The van der Waals surface area contributed by atoms with Crippen LogP contribution in [0.25, 0.3) is 0 Å². The van der Waals surface area contributed by atoms with Crippen molar-refractivity contribution in [1.82, 2.24) is 4.90 Å². The number of ether oxygens (including phenoxy) is 5. The van der Waals surface area contributed by atoms with Crippen molar-refractivity contribution < 1.29 is 23.7 Å². The van der Waals surface area contributed by atoms with E-state index in [1.807, 2.05) is 0 Å². The molecule has 0 fully saturated rings. The van der Waals surface area contributed by atoms with E-state index in [9.17, 15) is 0 Å². The van der Waals surface area contributed by atoms with Crippen LogP contribution in [0.4, 0.5) is 0 Å². The summed E-state index contributed by atoms with van der Waals surface area (Å²) in [6.45, 7) is 4.12. The van der Waals surface area contributed by atoms with Gasteiger partial charge in [0.25, 0.3) is 0 Å². The van der Waals surface area contributed by atoms with E-state index in [0.29, 0.717) is 0 Å². The molecule has 0 amide bonds. The molecule has 0 saturated heterocycles. The predicted molar refractivity (Wildman–Crippen MR) is 98.5 cm³/mol. The smallest absolute Gasteiger partial charge is 0.231 e. The van der Waals surface area contributed by atoms with Crippen LogP contribution in [0, 0.1) is 0 Å². The lowest BCUT2D eigenvalue weighted by molar-refractivity contribution is -0.0999. The van der Waals surface area contributed by atoms with Gasteiger partial charge in [0, 0.05) is 18.7 Å². The first-order chi connectivity index (χ1) is 13.2. The lowest BCUT2D eigenvalue weighted by atomic mass is 9.96. The van der Waals surface area contributed by atoms with Crippen LogP contribution in [0.3, 0.4) is 0 Å². The molecule has 2 aromatic carbocycles. The molecule has 3 heterocycles. The SMILES string of the molecule is COc1cc2c(cc1OC)[C@@H]1O[C@H](C)c3cc4c(cc3CN1CC2)OCO4. The summed E-state index contributed by atoms with van der Waals surface area (Å²) in [6, 6.07) is 8.30. The minimum Gasteiger partial charge on any atom is -0.493 e. The fourth-order valence-corrected chi connectivity index (χ4v) is 4.28. The number of rotatable bonds is 2. The van der Waals surface area contributed by atoms with Crippen molar-refractivity contribution in [2.75, 3.05) is 27.6 Å². The largest absolute Gasteiger partial charge is 0.493 e. The topological polar surface area (TPSA) is 49.4 Å². The second kappa shape index (κ2) is 6.32. The predicted octanol–water partition coefficient (Wildman–Crippen LogP) is 3.58. The van der Waals surface area contributed by atoms with Gasteiger partial charge < -0.3 is 23.7 Å². The molecule has 6 nitrogen and oxygen atoms in total. The van der Waals surface area contributed by atoms with Crippen LogP contribution in [0.5, 0.6) is 23.0 Å². The number of methoxy groups -OCH3 is 2. The van der Waals surface area contributed by atoms with Gasteiger partial charge in [0.2, 0.25) is 6.79 Å². The Labute approximate surface area is 158 Å². The molecule has 142 valence electrons. The summed E-state index contributed by atoms with van der Waals surface area (Å²) in [5.74, 6) is 3.12. The molecule has 0 N–H and O–H groups in total. The van der Waals surface area contributed by atoms with Crippen molar-refractivity contribution in [3.05, 3.63) is 46.5 Å². The van der Waals surface area contributed by atoms with E-state index >= 15 is 0 Å². The summed E-state index contributed by atoms with van der Waals surface area (Å²) in [4.78, 5) is 2.37. The highest BCUT2D eigenvalue weighted by Gasteiger charge is 2.35. The molecule has 27 heavy (non-hydrogen) atoms. The third kappa shape index (κ3) is 2.63. The molecule has 3 aliphatic rings. The lowest BCUT2D eigenvalue weighted by Gasteiger charge is -2.36. The van der Waals surface area contributed by atoms with Crippen LogP contribution < -0.4 is 18.9 Å². The minimum atomic E-state index is -0.118. The normalized spacial score (nSPS) is 23.1. The van der Waals surface area contributed by atoms with Crippen molar-refractivity contribution in [1.29, 1.82) is 0 Å². The van der Waals surface area contributed by atoms with Gasteiger partial charge in [-0.1, -0.05) is 0 Å². The van der Waals surface area contributed by atoms with Crippen LogP contribution in [0.15, 0.2) is 24.3 Å². The third-order valence-electron chi connectivity index (χ3n) is 5.69. The number of hydrogen-bond acceptors (Lipinski definition) is 6. The zero-order valence-electron chi connectivity index (χ0n) is 15.8. The Morgan fingerprint density at radius 1 is 0.926 bits per heavy atom. The second-order valence-electron chi connectivity index (χ2n) is 7.16. The van der Waals surface area contributed by atoms with Crippen LogP contribution in [0.2, 0.25) is 0 Å². The Morgan fingerprint density at radius 3 is 2.44 bits per heavy atom. The number of fused-ring (bicyclic) bond motifs is 5. The van der Waals surface area contributed by atoms with Gasteiger partial charge in [-0.15, -0.1) is 0 Å². The fraction of sp³-hybridized carbons (Fsp3) is 0.429. The van der Waals surface area contributed by atoms with Gasteiger partial charge in [0.15, 0.2) is 23.0 Å². The number of hydrogen-bond donors (Lipinski definition) is 0. The van der Waals surface area contributed by atoms with Gasteiger partial charge >= 0.3 is 0 Å². The molecule has 0 bridgehead atoms. The average Bonchev–Trinajstić information content (AvgIpc) is 3.09. The maximum atomic E-state index is 6.53. The summed E-state index contributed by atoms with van der Waals surface area (Å²) in [5.41, 5.74) is 4.80. The zero-order valence-corrected chi connectivity index (χ0v) is 15.8. The molecular formula is C21H23NO5. The molecule has 2 aromatic rings. The Hall–Kier alpha value is -2.44. The molecular weight excluding hydrogens is 346 g/mol. The summed E-state index contributed by atoms with van der Waals surface area (Å²) in [7, 11) is 3.34. The average molecular weight is 369 g/mol. The highest BCUT2D eigenvalue weighted by molar-refractivity contribution is 5.51. The molecule has 0 aromatic heterocycles. The molecule has 0 spiro atoms. The maximum absolute atomic E-state index is 6.53. The summed E-state index contributed by atoms with van der Waals surface area (Å²) in [5, 5.41) is 0. The molecule has 2 atom stereocenters. The van der Waals surface area contributed by atoms with Crippen LogP contribution >= 0.6 is 0 Å². The van der Waals surface area contributed by atoms with E-state index < -0.39 is 0 Å². The standard InChI is InChI=1S/C21H23NO5/c1-12-15-8-20-19(25-11-26-20)7-14(15)10-22-5-4-13-6-17(23-2)18(24-3)9-16(13)21(22)27-12/h6-9,12,21H,4-5,10-11H2,1-3H3/t12-,21+/m1/s1. The minimum absolute atomic E-state index is 0.0523. The molecule has 0 unspecified atom stereocenters. The van der Waals surface area contributed by atoms with E-state index in [1.165, 1.54) is 11.1 Å². The Morgan fingerprint density at radius 2 is 1.67 bits per heavy atom. The van der Waals surface area contributed by atoms with Crippen molar-refractivity contribution in [3.63, 3.8) is 0 Å². The first-order valence-electron chi connectivity index (χ1n) is 9.24. The van der Waals surface area contributed by atoms with Gasteiger partial charge in [-0.3, -0.25) is 4.90 Å². The first kappa shape index (κ1) is 16.7. The third-order valence-corrected chi connectivity index (χ3v) is 5.69. The van der Waals surface area contributed by atoms with E-state index in [2.05, 4.69) is 36.1 Å². The Kier molecular flexibility index (Phi) is 3.91. The highest BCUT2D eigenvalue weighted by Crippen LogP contribution is 2.45. The van der Waals surface area contributed by atoms with Crippen LogP contribution in [0.1, 0.15) is 41.5 Å². The second-order valence-corrected chi connectivity index (χ2v) is 7.16. The van der Waals surface area contributed by atoms with Gasteiger partial charge in [0.05, 0.1) is 20.3 Å². The van der Waals surface area contributed by atoms with E-state index in [0.717, 1.165) is 53.6 Å². The maximum Gasteiger partial charge on any atom is 0.231 e.